The summed E-state index contributed by atoms with van der Waals surface area (Å²) >= 11 is 0. The molecule has 1 aromatic heterocycles. The van der Waals surface area contributed by atoms with Gasteiger partial charge in [0.15, 0.2) is 23.1 Å². The lowest BCUT2D eigenvalue weighted by molar-refractivity contribution is -0.286. The molecule has 0 atom stereocenters. The molecule has 8 heteroatoms. The standard InChI is InChI=1S/C15H10F2N2O4/c16-15(17)22-13-4-1-9(7-14(13)23-15)11(20)2-3-12(21)10-5-6-18-8-19-10/h1,4-8H,2-3H2. The van der Waals surface area contributed by atoms with Crippen molar-refractivity contribution in [2.24, 2.45) is 0 Å². The van der Waals surface area contributed by atoms with E-state index >= 15 is 0 Å². The summed E-state index contributed by atoms with van der Waals surface area (Å²) in [5.41, 5.74) is 0.388. The number of Topliss-reactive ketones (excluding diaryl/α,β-unsaturated/α-hetero) is 2. The number of aromatic nitrogens is 2. The summed E-state index contributed by atoms with van der Waals surface area (Å²) in [5.74, 6) is -1.01. The van der Waals surface area contributed by atoms with Crippen LogP contribution < -0.4 is 9.47 Å². The van der Waals surface area contributed by atoms with Gasteiger partial charge in [0.25, 0.3) is 0 Å². The minimum atomic E-state index is -3.73. The third-order valence-electron chi connectivity index (χ3n) is 3.17. The van der Waals surface area contributed by atoms with Gasteiger partial charge in [0.2, 0.25) is 0 Å². The SMILES string of the molecule is O=C(CCC(=O)c1ccncn1)c1ccc2c(c1)OC(F)(F)O2. The van der Waals surface area contributed by atoms with E-state index in [1.165, 1.54) is 36.8 Å². The number of benzene rings is 1. The van der Waals surface area contributed by atoms with E-state index in [2.05, 4.69) is 19.4 Å². The molecule has 0 amide bonds. The van der Waals surface area contributed by atoms with Crippen molar-refractivity contribution in [3.63, 3.8) is 0 Å². The topological polar surface area (TPSA) is 78.4 Å². The molecule has 0 bridgehead atoms. The normalized spacial score (nSPS) is 14.5. The van der Waals surface area contributed by atoms with E-state index in [1.807, 2.05) is 0 Å². The van der Waals surface area contributed by atoms with Gasteiger partial charge in [0.05, 0.1) is 0 Å². The highest BCUT2D eigenvalue weighted by Gasteiger charge is 2.43. The minimum Gasteiger partial charge on any atom is -0.395 e. The number of carbonyl (C=O) groups is 2. The van der Waals surface area contributed by atoms with Crippen LogP contribution in [0.4, 0.5) is 8.78 Å². The highest BCUT2D eigenvalue weighted by molar-refractivity contribution is 6.01. The van der Waals surface area contributed by atoms with Crippen LogP contribution in [-0.4, -0.2) is 27.8 Å². The number of hydrogen-bond donors (Lipinski definition) is 0. The van der Waals surface area contributed by atoms with E-state index in [0.717, 1.165) is 0 Å². The first-order valence-corrected chi connectivity index (χ1v) is 6.67. The van der Waals surface area contributed by atoms with Crippen LogP contribution in [0.2, 0.25) is 0 Å². The van der Waals surface area contributed by atoms with Crippen molar-refractivity contribution in [3.8, 4) is 11.5 Å². The van der Waals surface area contributed by atoms with Crippen LogP contribution in [0.25, 0.3) is 0 Å². The molecule has 0 unspecified atom stereocenters. The van der Waals surface area contributed by atoms with Gasteiger partial charge >= 0.3 is 6.29 Å². The fourth-order valence-corrected chi connectivity index (χ4v) is 2.08. The Bertz CT molecular complexity index is 765. The van der Waals surface area contributed by atoms with Crippen LogP contribution in [0, 0.1) is 0 Å². The first kappa shape index (κ1) is 15.0. The van der Waals surface area contributed by atoms with Crippen molar-refractivity contribution in [2.45, 2.75) is 19.1 Å². The van der Waals surface area contributed by atoms with Crippen molar-refractivity contribution in [1.82, 2.24) is 9.97 Å². The largest absolute Gasteiger partial charge is 0.586 e. The molecule has 0 N–H and O–H groups in total. The van der Waals surface area contributed by atoms with Crippen LogP contribution in [0.5, 0.6) is 11.5 Å². The van der Waals surface area contributed by atoms with Gasteiger partial charge in [0, 0.05) is 24.6 Å². The Morgan fingerprint density at radius 2 is 1.78 bits per heavy atom. The molecule has 0 saturated heterocycles. The van der Waals surface area contributed by atoms with Gasteiger partial charge in [-0.3, -0.25) is 9.59 Å². The summed E-state index contributed by atoms with van der Waals surface area (Å²) in [6.07, 6.45) is -1.17. The second-order valence-corrected chi connectivity index (χ2v) is 4.77. The molecule has 23 heavy (non-hydrogen) atoms. The monoisotopic (exact) mass is 320 g/mol. The number of nitrogens with zero attached hydrogens (tertiary/aromatic N) is 2. The van der Waals surface area contributed by atoms with Gasteiger partial charge in [-0.05, 0) is 24.3 Å². The van der Waals surface area contributed by atoms with Gasteiger partial charge in [-0.15, -0.1) is 8.78 Å². The molecule has 1 aliphatic rings. The first-order valence-electron chi connectivity index (χ1n) is 6.67. The lowest BCUT2D eigenvalue weighted by Crippen LogP contribution is -2.25. The third kappa shape index (κ3) is 3.31. The van der Waals surface area contributed by atoms with Gasteiger partial charge in [-0.2, -0.15) is 0 Å². The number of ketones is 2. The van der Waals surface area contributed by atoms with Crippen LogP contribution in [0.1, 0.15) is 33.7 Å². The van der Waals surface area contributed by atoms with Crippen LogP contribution in [0.15, 0.2) is 36.8 Å². The number of alkyl halides is 2. The number of fused-ring (bicyclic) bond motifs is 1. The Kier molecular flexibility index (Phi) is 3.73. The number of carbonyl (C=O) groups excluding carboxylic acids is 2. The van der Waals surface area contributed by atoms with Crippen LogP contribution in [-0.2, 0) is 0 Å². The Labute approximate surface area is 129 Å². The maximum Gasteiger partial charge on any atom is 0.586 e. The molecular formula is C15H10F2N2O4. The van der Waals surface area contributed by atoms with Gasteiger partial charge in [-0.25, -0.2) is 9.97 Å². The van der Waals surface area contributed by atoms with E-state index in [-0.39, 0.29) is 47.2 Å². The van der Waals surface area contributed by atoms with Gasteiger partial charge < -0.3 is 9.47 Å². The fraction of sp³-hybridized carbons (Fsp3) is 0.200. The highest BCUT2D eigenvalue weighted by atomic mass is 19.3. The average molecular weight is 320 g/mol. The molecule has 118 valence electrons. The molecular weight excluding hydrogens is 310 g/mol. The fourth-order valence-electron chi connectivity index (χ4n) is 2.08. The Morgan fingerprint density at radius 3 is 2.52 bits per heavy atom. The number of hydrogen-bond acceptors (Lipinski definition) is 6. The number of rotatable bonds is 5. The molecule has 1 aromatic carbocycles. The van der Waals surface area contributed by atoms with Crippen molar-refractivity contribution < 1.29 is 27.8 Å². The lowest BCUT2D eigenvalue weighted by atomic mass is 10.0. The molecule has 1 aliphatic heterocycles. The maximum absolute atomic E-state index is 12.9. The van der Waals surface area contributed by atoms with Crippen LogP contribution >= 0.6 is 0 Å². The molecule has 2 heterocycles. The molecule has 0 aliphatic carbocycles. The van der Waals surface area contributed by atoms with Crippen molar-refractivity contribution in [2.75, 3.05) is 0 Å². The second-order valence-electron chi connectivity index (χ2n) is 4.77. The average Bonchev–Trinajstić information content (AvgIpc) is 2.85. The predicted molar refractivity (Wildman–Crippen MR) is 72.6 cm³/mol. The molecule has 0 saturated carbocycles. The molecule has 6 nitrogen and oxygen atoms in total. The Morgan fingerprint density at radius 1 is 1.04 bits per heavy atom. The van der Waals surface area contributed by atoms with E-state index in [4.69, 9.17) is 0 Å². The van der Waals surface area contributed by atoms with Crippen molar-refractivity contribution in [1.29, 1.82) is 0 Å². The molecule has 0 spiro atoms. The Hall–Kier alpha value is -2.90. The third-order valence-corrected chi connectivity index (χ3v) is 3.17. The molecule has 0 radical (unpaired) electrons. The predicted octanol–water partition coefficient (Wildman–Crippen LogP) is 2.64. The zero-order valence-corrected chi connectivity index (χ0v) is 11.7. The summed E-state index contributed by atoms with van der Waals surface area (Å²) in [6, 6.07) is 5.21. The second kappa shape index (κ2) is 5.71. The molecule has 0 fully saturated rings. The summed E-state index contributed by atoms with van der Waals surface area (Å²) in [4.78, 5) is 31.4. The van der Waals surface area contributed by atoms with Gasteiger partial charge in [0.1, 0.15) is 12.0 Å². The summed E-state index contributed by atoms with van der Waals surface area (Å²) in [7, 11) is 0. The van der Waals surface area contributed by atoms with Crippen LogP contribution in [0.3, 0.4) is 0 Å². The molecule has 2 aromatic rings. The Balaban J connectivity index is 1.65. The van der Waals surface area contributed by atoms with E-state index < -0.39 is 6.29 Å². The maximum atomic E-state index is 12.9. The van der Waals surface area contributed by atoms with Crippen molar-refractivity contribution in [3.05, 3.63) is 48.0 Å². The first-order chi connectivity index (χ1) is 10.9. The molecule has 3 rings (SSSR count). The summed E-state index contributed by atoms with van der Waals surface area (Å²) in [5, 5.41) is 0. The summed E-state index contributed by atoms with van der Waals surface area (Å²) in [6.45, 7) is 0. The smallest absolute Gasteiger partial charge is 0.395 e. The van der Waals surface area contributed by atoms with E-state index in [9.17, 15) is 18.4 Å². The lowest BCUT2D eigenvalue weighted by Gasteiger charge is -2.04. The number of ether oxygens (including phenoxy) is 2. The minimum absolute atomic E-state index is 0.0412. The number of halogens is 2. The van der Waals surface area contributed by atoms with E-state index in [0.29, 0.717) is 0 Å². The zero-order valence-electron chi connectivity index (χ0n) is 11.7. The highest BCUT2D eigenvalue weighted by Crippen LogP contribution is 2.41. The van der Waals surface area contributed by atoms with Crippen molar-refractivity contribution >= 4 is 11.6 Å². The quantitative estimate of drug-likeness (QED) is 0.788. The zero-order chi connectivity index (χ0) is 16.4. The van der Waals surface area contributed by atoms with E-state index in [1.54, 1.807) is 0 Å². The summed E-state index contributed by atoms with van der Waals surface area (Å²) < 4.78 is 34.4. The van der Waals surface area contributed by atoms with Gasteiger partial charge in [-0.1, -0.05) is 0 Å².